The van der Waals surface area contributed by atoms with E-state index >= 15 is 0 Å². The number of H-pyrrole nitrogens is 1. The van der Waals surface area contributed by atoms with Gasteiger partial charge in [0.25, 0.3) is 11.8 Å². The first-order valence-corrected chi connectivity index (χ1v) is 13.3. The molecular formula is C28H26ClN7O5. The Bertz CT molecular complexity index is 1800. The predicted octanol–water partition coefficient (Wildman–Crippen LogP) is 3.90. The Labute approximate surface area is 238 Å². The quantitative estimate of drug-likeness (QED) is 0.236. The molecule has 3 N–H and O–H groups in total. The highest BCUT2D eigenvalue weighted by Crippen LogP contribution is 2.48. The van der Waals surface area contributed by atoms with Crippen LogP contribution in [0.3, 0.4) is 0 Å². The van der Waals surface area contributed by atoms with Gasteiger partial charge in [-0.15, -0.1) is 16.7 Å². The van der Waals surface area contributed by atoms with Gasteiger partial charge < -0.3 is 29.8 Å². The van der Waals surface area contributed by atoms with Crippen molar-refractivity contribution in [1.29, 1.82) is 0 Å². The molecule has 0 bridgehead atoms. The molecule has 13 heteroatoms. The van der Waals surface area contributed by atoms with Crippen molar-refractivity contribution in [3.63, 3.8) is 0 Å². The molecule has 0 spiro atoms. The fourth-order valence-electron chi connectivity index (χ4n) is 5.21. The Morgan fingerprint density at radius 3 is 2.88 bits per heavy atom. The maximum atomic E-state index is 13.8. The molecule has 3 aromatic heterocycles. The summed E-state index contributed by atoms with van der Waals surface area (Å²) < 4.78 is 12.1. The van der Waals surface area contributed by atoms with Crippen LogP contribution in [-0.2, 0) is 11.3 Å². The van der Waals surface area contributed by atoms with Gasteiger partial charge in [-0.1, -0.05) is 17.3 Å². The molecule has 12 nitrogen and oxygen atoms in total. The number of fused-ring (bicyclic) bond motifs is 4. The van der Waals surface area contributed by atoms with E-state index in [1.165, 1.54) is 10.9 Å². The zero-order chi connectivity index (χ0) is 28.7. The van der Waals surface area contributed by atoms with Crippen LogP contribution in [0.2, 0.25) is 0 Å². The number of alkyl halides is 1. The van der Waals surface area contributed by atoms with Gasteiger partial charge in [0.05, 0.1) is 43.9 Å². The molecule has 0 aliphatic carbocycles. The van der Waals surface area contributed by atoms with E-state index in [2.05, 4.69) is 25.6 Å². The van der Waals surface area contributed by atoms with Crippen LogP contribution in [0.25, 0.3) is 21.7 Å². The molecule has 0 unspecified atom stereocenters. The molecule has 2 amide bonds. The van der Waals surface area contributed by atoms with Gasteiger partial charge in [-0.3, -0.25) is 9.59 Å². The van der Waals surface area contributed by atoms with Crippen LogP contribution < -0.4 is 15.0 Å². The van der Waals surface area contributed by atoms with E-state index in [9.17, 15) is 14.7 Å². The maximum Gasteiger partial charge on any atom is 0.278 e. The fourth-order valence-corrected chi connectivity index (χ4v) is 5.46. The summed E-state index contributed by atoms with van der Waals surface area (Å²) >= 11 is 6.37. The number of hydrogen-bond donors (Lipinski definition) is 3. The van der Waals surface area contributed by atoms with Crippen LogP contribution >= 0.6 is 11.6 Å². The number of anilines is 2. The number of pyridine rings is 1. The third kappa shape index (κ3) is 4.70. The Kier molecular flexibility index (Phi) is 6.93. The number of benzene rings is 2. The lowest BCUT2D eigenvalue weighted by Crippen LogP contribution is -2.30. The number of rotatable bonds is 8. The average Bonchev–Trinajstić information content (AvgIpc) is 3.72. The average molecular weight is 576 g/mol. The third-order valence-corrected chi connectivity index (χ3v) is 7.52. The molecule has 1 atom stereocenters. The van der Waals surface area contributed by atoms with Crippen molar-refractivity contribution in [3.05, 3.63) is 65.7 Å². The van der Waals surface area contributed by atoms with E-state index in [4.69, 9.17) is 21.1 Å². The monoisotopic (exact) mass is 575 g/mol. The number of aromatic nitrogens is 5. The van der Waals surface area contributed by atoms with Crippen molar-refractivity contribution in [2.45, 2.75) is 12.5 Å². The predicted molar refractivity (Wildman–Crippen MR) is 153 cm³/mol. The van der Waals surface area contributed by atoms with E-state index in [1.54, 1.807) is 43.5 Å². The van der Waals surface area contributed by atoms with Crippen LogP contribution in [0, 0.1) is 0 Å². The number of carbonyl (C=O) groups is 2. The van der Waals surface area contributed by atoms with Gasteiger partial charge >= 0.3 is 0 Å². The number of carbonyl (C=O) groups excluding carboxylic acids is 2. The van der Waals surface area contributed by atoms with Crippen molar-refractivity contribution < 1.29 is 24.2 Å². The summed E-state index contributed by atoms with van der Waals surface area (Å²) in [5.74, 6) is 0.319. The van der Waals surface area contributed by atoms with Gasteiger partial charge in [0.2, 0.25) is 0 Å². The Balaban J connectivity index is 1.28. The molecule has 2 aromatic carbocycles. The summed E-state index contributed by atoms with van der Waals surface area (Å²) in [4.78, 5) is 35.5. The smallest absolute Gasteiger partial charge is 0.278 e. The van der Waals surface area contributed by atoms with Crippen molar-refractivity contribution >= 4 is 56.6 Å². The second kappa shape index (κ2) is 10.7. The van der Waals surface area contributed by atoms with Gasteiger partial charge in [0.1, 0.15) is 23.0 Å². The highest BCUT2D eigenvalue weighted by molar-refractivity contribution is 6.19. The molecule has 210 valence electrons. The fraction of sp³-hybridized carbons (Fsp3) is 0.250. The molecule has 0 radical (unpaired) electrons. The molecule has 5 aromatic rings. The lowest BCUT2D eigenvalue weighted by molar-refractivity contribution is 0.0982. The molecule has 1 aliphatic rings. The lowest BCUT2D eigenvalue weighted by atomic mass is 9.94. The molecule has 0 saturated heterocycles. The molecule has 6 rings (SSSR count). The van der Waals surface area contributed by atoms with E-state index in [-0.39, 0.29) is 29.1 Å². The highest BCUT2D eigenvalue weighted by atomic mass is 35.5. The second-order valence-electron chi connectivity index (χ2n) is 9.63. The number of hydrogen-bond acceptors (Lipinski definition) is 8. The topological polar surface area (TPSA) is 147 Å². The van der Waals surface area contributed by atoms with Gasteiger partial charge in [-0.2, -0.15) is 0 Å². The standard InChI is InChI=1S/C28H26ClN7O5/c1-40-7-6-35-14-20(33-34-35)27(38)32-24-9-15-8-18(31-19(15)12-30-24)28(39)36-13-16(11-29)25-21(36)10-22(37)17-4-3-5-23(41-2)26(17)25/h3-5,8-10,12,14,16,31,37H,6-7,11,13H2,1-2H3,(H,30,32,38)/t16-/m1/s1. The number of aromatic amines is 1. The number of aromatic hydroxyl groups is 1. The molecule has 41 heavy (non-hydrogen) atoms. The van der Waals surface area contributed by atoms with Crippen LogP contribution in [0.5, 0.6) is 11.5 Å². The molecular weight excluding hydrogens is 550 g/mol. The number of ether oxygens (including phenoxy) is 2. The molecule has 1 aliphatic heterocycles. The lowest BCUT2D eigenvalue weighted by Gasteiger charge is -2.18. The van der Waals surface area contributed by atoms with Gasteiger partial charge in [-0.25, -0.2) is 9.67 Å². The number of methoxy groups -OCH3 is 2. The first kappa shape index (κ1) is 26.5. The van der Waals surface area contributed by atoms with E-state index in [0.717, 1.165) is 10.9 Å². The van der Waals surface area contributed by atoms with Crippen molar-refractivity contribution in [2.75, 3.05) is 43.5 Å². The van der Waals surface area contributed by atoms with Crippen LogP contribution in [0.1, 0.15) is 32.5 Å². The minimum atomic E-state index is -0.462. The van der Waals surface area contributed by atoms with Crippen molar-refractivity contribution in [1.82, 2.24) is 25.0 Å². The maximum absolute atomic E-state index is 13.8. The van der Waals surface area contributed by atoms with Crippen molar-refractivity contribution in [2.24, 2.45) is 0 Å². The Hall–Kier alpha value is -4.68. The van der Waals surface area contributed by atoms with Gasteiger partial charge in [-0.05, 0) is 23.8 Å². The van der Waals surface area contributed by atoms with Crippen molar-refractivity contribution in [3.8, 4) is 11.5 Å². The zero-order valence-corrected chi connectivity index (χ0v) is 23.0. The SMILES string of the molecule is COCCn1cc(C(=O)Nc2cc3cc(C(=O)N4C[C@@H](CCl)c5c4cc(O)c4cccc(OC)c54)[nH]c3cn2)nn1. The molecule has 0 saturated carbocycles. The number of halogens is 1. The molecule has 0 fully saturated rings. The number of amides is 2. The number of phenolic OH excluding ortho intramolecular Hbond substituents is 1. The third-order valence-electron chi connectivity index (χ3n) is 7.15. The summed E-state index contributed by atoms with van der Waals surface area (Å²) in [5, 5.41) is 23.4. The minimum absolute atomic E-state index is 0.0469. The van der Waals surface area contributed by atoms with Crippen LogP contribution in [-0.4, -0.2) is 75.1 Å². The van der Waals surface area contributed by atoms with E-state index in [0.29, 0.717) is 58.9 Å². The summed E-state index contributed by atoms with van der Waals surface area (Å²) in [7, 11) is 3.15. The van der Waals surface area contributed by atoms with Crippen LogP contribution in [0.15, 0.2) is 48.8 Å². The van der Waals surface area contributed by atoms with E-state index < -0.39 is 5.91 Å². The van der Waals surface area contributed by atoms with E-state index in [1.807, 2.05) is 18.2 Å². The largest absolute Gasteiger partial charge is 0.507 e. The van der Waals surface area contributed by atoms with Crippen LogP contribution in [0.4, 0.5) is 11.5 Å². The molecule has 4 heterocycles. The highest BCUT2D eigenvalue weighted by Gasteiger charge is 2.36. The Morgan fingerprint density at radius 1 is 1.24 bits per heavy atom. The number of phenols is 1. The minimum Gasteiger partial charge on any atom is -0.507 e. The normalized spacial score (nSPS) is 14.5. The Morgan fingerprint density at radius 2 is 2.10 bits per heavy atom. The number of nitrogens with one attached hydrogen (secondary N) is 2. The van der Waals surface area contributed by atoms with Gasteiger partial charge in [0.15, 0.2) is 5.69 Å². The summed E-state index contributed by atoms with van der Waals surface area (Å²) in [6.45, 7) is 1.25. The first-order valence-electron chi connectivity index (χ1n) is 12.8. The summed E-state index contributed by atoms with van der Waals surface area (Å²) in [6.07, 6.45) is 3.07. The summed E-state index contributed by atoms with van der Waals surface area (Å²) in [6, 6.07) is 10.4. The summed E-state index contributed by atoms with van der Waals surface area (Å²) in [5.41, 5.74) is 2.53. The number of nitrogens with zero attached hydrogens (tertiary/aromatic N) is 5. The first-order chi connectivity index (χ1) is 19.9. The van der Waals surface area contributed by atoms with Gasteiger partial charge in [0, 0.05) is 47.7 Å². The zero-order valence-electron chi connectivity index (χ0n) is 22.2. The second-order valence-corrected chi connectivity index (χ2v) is 9.94.